The van der Waals surface area contributed by atoms with Crippen LogP contribution in [0.3, 0.4) is 0 Å². The molecule has 2 aromatic carbocycles. The second-order valence-electron chi connectivity index (χ2n) is 13.3. The second kappa shape index (κ2) is 14.6. The zero-order valence-electron chi connectivity index (χ0n) is 26.7. The molecule has 4 aromatic rings. The molecule has 6 rings (SSSR count). The predicted octanol–water partition coefficient (Wildman–Crippen LogP) is 5.30. The van der Waals surface area contributed by atoms with Gasteiger partial charge in [-0.15, -0.1) is 0 Å². The van der Waals surface area contributed by atoms with Crippen LogP contribution >= 0.6 is 11.6 Å². The molecule has 0 aliphatic carbocycles. The monoisotopic (exact) mass is 662 g/mol. The fraction of sp³-hybridized carbons (Fsp3) is 0.457. The number of aryl methyl sites for hydroxylation is 1. The average Bonchev–Trinajstić information content (AvgIpc) is 3.42. The largest absolute Gasteiger partial charge is 0.381 e. The molecule has 2 saturated heterocycles. The number of benzene rings is 2. The molecule has 250 valence electrons. The zero-order chi connectivity index (χ0) is 33.1. The highest BCUT2D eigenvalue weighted by molar-refractivity contribution is 6.31. The fourth-order valence-electron chi connectivity index (χ4n) is 6.87. The second-order valence-corrected chi connectivity index (χ2v) is 13.7. The zero-order valence-corrected chi connectivity index (χ0v) is 27.5. The van der Waals surface area contributed by atoms with Crippen molar-refractivity contribution >= 4 is 28.6 Å². The van der Waals surface area contributed by atoms with Crippen LogP contribution in [0.4, 0.5) is 4.39 Å². The maximum atomic E-state index is 15.2. The molecule has 4 atom stereocenters. The SMILES string of the molecule is C[C@H](N)CCCc1cc(Cl)c(F)c(-c2cc3cn(-c4ccc([C@@H]5CCC[C@@H](C[C@@H](CC6COC6)NC(=N)N)N5)cc4)c(=O)nc3[nH]2)c1. The summed E-state index contributed by atoms with van der Waals surface area (Å²) in [7, 11) is 0. The smallest absolute Gasteiger partial charge is 0.354 e. The van der Waals surface area contributed by atoms with E-state index >= 15 is 4.39 Å². The average molecular weight is 663 g/mol. The van der Waals surface area contributed by atoms with E-state index in [2.05, 4.69) is 32.7 Å². The highest BCUT2D eigenvalue weighted by atomic mass is 35.5. The van der Waals surface area contributed by atoms with Crippen LogP contribution in [-0.2, 0) is 11.2 Å². The van der Waals surface area contributed by atoms with Crippen molar-refractivity contribution < 1.29 is 9.13 Å². The van der Waals surface area contributed by atoms with Gasteiger partial charge in [0.25, 0.3) is 0 Å². The lowest BCUT2D eigenvalue weighted by molar-refractivity contribution is -0.0397. The van der Waals surface area contributed by atoms with Gasteiger partial charge in [-0.2, -0.15) is 4.98 Å². The third-order valence-corrected chi connectivity index (χ3v) is 9.60. The summed E-state index contributed by atoms with van der Waals surface area (Å²) in [6, 6.07) is 14.0. The Morgan fingerprint density at radius 3 is 2.70 bits per heavy atom. The standard InChI is InChI=1S/C35H44ClFN8O2/c1-20(38)4-2-5-21-13-28(32(37)29(36)14-21)31-15-24-17-45(35(46)44-33(24)43-31)27-10-8-23(9-11-27)30-7-3-6-25(41-30)16-26(42-34(39)40)12-22-18-47-19-22/h8-11,13-15,17,20,22,25-26,30,41H,2-7,12,16,18-19,38H2,1H3,(H4,39,40,42)(H,43,44,46)/t20-,25-,26+,30-/m0/s1. The van der Waals surface area contributed by atoms with Crippen LogP contribution in [0.1, 0.15) is 69.0 Å². The van der Waals surface area contributed by atoms with E-state index in [-0.39, 0.29) is 29.1 Å². The van der Waals surface area contributed by atoms with Crippen molar-refractivity contribution in [3.63, 3.8) is 0 Å². The number of hydrogen-bond donors (Lipinski definition) is 6. The van der Waals surface area contributed by atoms with E-state index in [9.17, 15) is 4.79 Å². The van der Waals surface area contributed by atoms with E-state index in [1.54, 1.807) is 24.4 Å². The van der Waals surface area contributed by atoms with Crippen LogP contribution in [0, 0.1) is 17.1 Å². The van der Waals surface area contributed by atoms with Gasteiger partial charge in [0.15, 0.2) is 11.8 Å². The van der Waals surface area contributed by atoms with Gasteiger partial charge >= 0.3 is 5.69 Å². The molecule has 0 unspecified atom stereocenters. The normalized spacial score (nSPS) is 19.7. The van der Waals surface area contributed by atoms with Crippen LogP contribution < -0.4 is 27.8 Å². The third-order valence-electron chi connectivity index (χ3n) is 9.32. The molecule has 0 amide bonds. The van der Waals surface area contributed by atoms with Crippen molar-refractivity contribution in [3.8, 4) is 16.9 Å². The number of piperidine rings is 1. The van der Waals surface area contributed by atoms with Crippen molar-refractivity contribution in [2.45, 2.75) is 82.5 Å². The van der Waals surface area contributed by atoms with Crippen LogP contribution in [0.2, 0.25) is 5.02 Å². The van der Waals surface area contributed by atoms with Crippen molar-refractivity contribution in [2.75, 3.05) is 13.2 Å². The Morgan fingerprint density at radius 1 is 1.21 bits per heavy atom. The number of guanidine groups is 1. The van der Waals surface area contributed by atoms with Gasteiger partial charge in [-0.05, 0) is 93.3 Å². The van der Waals surface area contributed by atoms with E-state index in [1.165, 1.54) is 4.57 Å². The van der Waals surface area contributed by atoms with Crippen molar-refractivity contribution in [1.82, 2.24) is 25.2 Å². The van der Waals surface area contributed by atoms with Gasteiger partial charge in [0.05, 0.1) is 29.6 Å². The first-order valence-electron chi connectivity index (χ1n) is 16.5. The molecule has 0 radical (unpaired) electrons. The Kier molecular flexibility index (Phi) is 10.3. The molecular formula is C35H44ClFN8O2. The molecule has 2 aliphatic heterocycles. The number of ether oxygens (including phenoxy) is 1. The lowest BCUT2D eigenvalue weighted by Crippen LogP contribution is -2.47. The number of halogens is 2. The summed E-state index contributed by atoms with van der Waals surface area (Å²) in [5.41, 5.74) is 15.2. The number of aromatic nitrogens is 3. The van der Waals surface area contributed by atoms with Gasteiger partial charge in [0.1, 0.15) is 5.65 Å². The van der Waals surface area contributed by atoms with Gasteiger partial charge in [0, 0.05) is 47.2 Å². The van der Waals surface area contributed by atoms with Crippen LogP contribution in [0.5, 0.6) is 0 Å². The lowest BCUT2D eigenvalue weighted by atomic mass is 9.88. The topological polar surface area (TPSA) is 160 Å². The van der Waals surface area contributed by atoms with Crippen molar-refractivity contribution in [1.29, 1.82) is 5.41 Å². The van der Waals surface area contributed by atoms with E-state index < -0.39 is 11.5 Å². The number of hydrogen-bond acceptors (Lipinski definition) is 6. The minimum atomic E-state index is -0.517. The number of fused-ring (bicyclic) bond motifs is 1. The number of H-pyrrole nitrogens is 1. The molecule has 0 bridgehead atoms. The molecule has 47 heavy (non-hydrogen) atoms. The molecule has 2 aliphatic rings. The minimum absolute atomic E-state index is 0.00603. The first kappa shape index (κ1) is 33.1. The molecular weight excluding hydrogens is 619 g/mol. The van der Waals surface area contributed by atoms with Crippen molar-refractivity contribution in [2.24, 2.45) is 17.4 Å². The van der Waals surface area contributed by atoms with Crippen LogP contribution in [0.25, 0.3) is 28.0 Å². The molecule has 4 heterocycles. The molecule has 12 heteroatoms. The summed E-state index contributed by atoms with van der Waals surface area (Å²) in [4.78, 5) is 20.5. The first-order chi connectivity index (χ1) is 22.6. The summed E-state index contributed by atoms with van der Waals surface area (Å²) in [5, 5.41) is 15.4. The quantitative estimate of drug-likeness (QED) is 0.0886. The highest BCUT2D eigenvalue weighted by Crippen LogP contribution is 2.32. The van der Waals surface area contributed by atoms with E-state index in [0.29, 0.717) is 39.9 Å². The maximum absolute atomic E-state index is 15.2. The fourth-order valence-corrected chi connectivity index (χ4v) is 7.12. The molecule has 8 N–H and O–H groups in total. The van der Waals surface area contributed by atoms with Gasteiger partial charge < -0.3 is 31.8 Å². The number of aromatic amines is 1. The Labute approximate surface area is 278 Å². The Hall–Kier alpha value is -3.77. The summed E-state index contributed by atoms with van der Waals surface area (Å²) in [6.45, 7) is 3.52. The molecule has 2 fully saturated rings. The molecule has 10 nitrogen and oxygen atoms in total. The Bertz CT molecular complexity index is 1770. The summed E-state index contributed by atoms with van der Waals surface area (Å²) < 4.78 is 22.0. The molecule has 2 aromatic heterocycles. The summed E-state index contributed by atoms with van der Waals surface area (Å²) in [5.74, 6) is 0.00363. The summed E-state index contributed by atoms with van der Waals surface area (Å²) >= 11 is 6.27. The lowest BCUT2D eigenvalue weighted by Gasteiger charge is -2.36. The summed E-state index contributed by atoms with van der Waals surface area (Å²) in [6.07, 6.45) is 9.22. The Morgan fingerprint density at radius 2 is 2.00 bits per heavy atom. The number of nitrogens with zero attached hydrogens (tertiary/aromatic N) is 2. The van der Waals surface area contributed by atoms with Gasteiger partial charge in [0.2, 0.25) is 0 Å². The first-order valence-corrected chi connectivity index (χ1v) is 16.9. The van der Waals surface area contributed by atoms with Gasteiger partial charge in [-0.3, -0.25) is 9.98 Å². The number of nitrogens with one attached hydrogen (secondary N) is 4. The third kappa shape index (κ3) is 8.03. The van der Waals surface area contributed by atoms with Crippen LogP contribution in [0.15, 0.2) is 53.5 Å². The van der Waals surface area contributed by atoms with Crippen LogP contribution in [-0.4, -0.2) is 51.8 Å². The highest BCUT2D eigenvalue weighted by Gasteiger charge is 2.28. The van der Waals surface area contributed by atoms with E-state index in [0.717, 1.165) is 75.7 Å². The maximum Gasteiger partial charge on any atom is 0.354 e. The van der Waals surface area contributed by atoms with E-state index in [1.807, 2.05) is 19.1 Å². The molecule has 0 saturated carbocycles. The van der Waals surface area contributed by atoms with Crippen molar-refractivity contribution in [3.05, 3.63) is 81.1 Å². The van der Waals surface area contributed by atoms with Gasteiger partial charge in [-0.25, -0.2) is 9.18 Å². The van der Waals surface area contributed by atoms with E-state index in [4.69, 9.17) is 33.2 Å². The predicted molar refractivity (Wildman–Crippen MR) is 185 cm³/mol. The molecule has 0 spiro atoms. The number of rotatable bonds is 12. The van der Waals surface area contributed by atoms with Gasteiger partial charge in [-0.1, -0.05) is 30.2 Å². The Balaban J connectivity index is 1.17. The minimum Gasteiger partial charge on any atom is -0.381 e. The number of nitrogens with two attached hydrogens (primary N) is 2.